The number of amides is 1. The average Bonchev–Trinajstić information content (AvgIpc) is 2.28. The van der Waals surface area contributed by atoms with E-state index in [9.17, 15) is 4.79 Å². The predicted octanol–water partition coefficient (Wildman–Crippen LogP) is 2.28. The highest BCUT2D eigenvalue weighted by atomic mass is 79.9. The van der Waals surface area contributed by atoms with Crippen LogP contribution in [0.3, 0.4) is 0 Å². The first-order chi connectivity index (χ1) is 8.52. The van der Waals surface area contributed by atoms with Crippen LogP contribution < -0.4 is 15.8 Å². The Bertz CT molecular complexity index is 414. The minimum Gasteiger partial charge on any atom is -0.496 e. The average molecular weight is 352 g/mol. The Morgan fingerprint density at radius 2 is 2.21 bits per heavy atom. The molecule has 0 aliphatic rings. The van der Waals surface area contributed by atoms with Crippen molar-refractivity contribution in [2.24, 2.45) is 5.73 Å². The Hall–Kier alpha value is -0.780. The lowest BCUT2D eigenvalue weighted by Gasteiger charge is -2.10. The second-order valence-electron chi connectivity index (χ2n) is 4.25. The second-order valence-corrected chi connectivity index (χ2v) is 5.16. The van der Waals surface area contributed by atoms with E-state index >= 15 is 0 Å². The van der Waals surface area contributed by atoms with Gasteiger partial charge in [0, 0.05) is 22.6 Å². The zero-order chi connectivity index (χ0) is 13.5. The van der Waals surface area contributed by atoms with Crippen molar-refractivity contribution in [3.8, 4) is 5.75 Å². The summed E-state index contributed by atoms with van der Waals surface area (Å²) in [6.45, 7) is 2.52. The Labute approximate surface area is 128 Å². The van der Waals surface area contributed by atoms with E-state index in [-0.39, 0.29) is 24.4 Å². The number of carbonyl (C=O) groups is 1. The number of nitrogens with two attached hydrogens (primary N) is 1. The molecule has 1 aromatic rings. The van der Waals surface area contributed by atoms with Crippen LogP contribution in [0, 0.1) is 0 Å². The topological polar surface area (TPSA) is 64.3 Å². The molecule has 0 aliphatic carbocycles. The van der Waals surface area contributed by atoms with Crippen molar-refractivity contribution in [3.05, 3.63) is 28.2 Å². The van der Waals surface area contributed by atoms with Crippen molar-refractivity contribution >= 4 is 34.2 Å². The van der Waals surface area contributed by atoms with Gasteiger partial charge in [0.1, 0.15) is 5.75 Å². The fourth-order valence-corrected chi connectivity index (χ4v) is 1.97. The molecule has 1 amide bonds. The van der Waals surface area contributed by atoms with Crippen LogP contribution in [0.4, 0.5) is 0 Å². The summed E-state index contributed by atoms with van der Waals surface area (Å²) in [5, 5.41) is 2.84. The number of nitrogens with one attached hydrogen (secondary N) is 1. The summed E-state index contributed by atoms with van der Waals surface area (Å²) in [5.74, 6) is 0.701. The van der Waals surface area contributed by atoms with E-state index in [0.717, 1.165) is 22.2 Å². The molecule has 1 atom stereocenters. The lowest BCUT2D eigenvalue weighted by molar-refractivity contribution is -0.120. The lowest BCUT2D eigenvalue weighted by Crippen LogP contribution is -2.30. The second kappa shape index (κ2) is 9.18. The number of carbonyl (C=O) groups excluding carboxylic acids is 1. The molecule has 0 saturated carbocycles. The van der Waals surface area contributed by atoms with E-state index in [4.69, 9.17) is 10.5 Å². The van der Waals surface area contributed by atoms with Crippen molar-refractivity contribution < 1.29 is 9.53 Å². The van der Waals surface area contributed by atoms with Crippen LogP contribution >= 0.6 is 28.3 Å². The van der Waals surface area contributed by atoms with Gasteiger partial charge in [-0.25, -0.2) is 0 Å². The van der Waals surface area contributed by atoms with Crippen LogP contribution in [-0.4, -0.2) is 25.6 Å². The number of hydrogen-bond donors (Lipinski definition) is 2. The number of methoxy groups -OCH3 is 1. The maximum absolute atomic E-state index is 11.8. The highest BCUT2D eigenvalue weighted by Crippen LogP contribution is 2.23. The normalized spacial score (nSPS) is 11.4. The van der Waals surface area contributed by atoms with Crippen LogP contribution in [0.25, 0.3) is 0 Å². The summed E-state index contributed by atoms with van der Waals surface area (Å²) < 4.78 is 6.16. The van der Waals surface area contributed by atoms with Crippen molar-refractivity contribution in [2.45, 2.75) is 25.8 Å². The molecule has 1 rings (SSSR count). The smallest absolute Gasteiger partial charge is 0.224 e. The van der Waals surface area contributed by atoms with Gasteiger partial charge < -0.3 is 15.8 Å². The third kappa shape index (κ3) is 6.80. The van der Waals surface area contributed by atoms with Crippen LogP contribution in [-0.2, 0) is 11.2 Å². The fraction of sp³-hybridized carbons (Fsp3) is 0.462. The Morgan fingerprint density at radius 3 is 2.79 bits per heavy atom. The summed E-state index contributed by atoms with van der Waals surface area (Å²) in [6, 6.07) is 5.72. The SMILES string of the molecule is COc1ccc(Br)cc1CC(=O)NCCC(C)N.Cl. The molecular formula is C13H20BrClN2O2. The zero-order valence-corrected chi connectivity index (χ0v) is 13.5. The number of hydrogen-bond acceptors (Lipinski definition) is 3. The monoisotopic (exact) mass is 350 g/mol. The van der Waals surface area contributed by atoms with Gasteiger partial charge in [-0.05, 0) is 31.5 Å². The Morgan fingerprint density at radius 1 is 1.53 bits per heavy atom. The number of ether oxygens (including phenoxy) is 1. The van der Waals surface area contributed by atoms with Crippen molar-refractivity contribution in [2.75, 3.05) is 13.7 Å². The molecule has 0 spiro atoms. The molecule has 0 heterocycles. The third-order valence-electron chi connectivity index (χ3n) is 2.52. The number of halogens is 2. The van der Waals surface area contributed by atoms with E-state index in [1.54, 1.807) is 7.11 Å². The van der Waals surface area contributed by atoms with Crippen LogP contribution in [0.1, 0.15) is 18.9 Å². The van der Waals surface area contributed by atoms with E-state index in [2.05, 4.69) is 21.2 Å². The minimum absolute atomic E-state index is 0. The molecule has 108 valence electrons. The maximum atomic E-state index is 11.8. The number of rotatable bonds is 6. The first-order valence-electron chi connectivity index (χ1n) is 5.87. The third-order valence-corrected chi connectivity index (χ3v) is 3.01. The van der Waals surface area contributed by atoms with Crippen LogP contribution in [0.15, 0.2) is 22.7 Å². The summed E-state index contributed by atoms with van der Waals surface area (Å²) in [5.41, 5.74) is 6.49. The highest BCUT2D eigenvalue weighted by Gasteiger charge is 2.09. The van der Waals surface area contributed by atoms with Crippen LogP contribution in [0.2, 0.25) is 0 Å². The van der Waals surface area contributed by atoms with Gasteiger partial charge in [-0.3, -0.25) is 4.79 Å². The molecule has 0 saturated heterocycles. The van der Waals surface area contributed by atoms with E-state index in [1.807, 2.05) is 25.1 Å². The molecule has 6 heteroatoms. The molecule has 3 N–H and O–H groups in total. The van der Waals surface area contributed by atoms with Gasteiger partial charge in [-0.15, -0.1) is 12.4 Å². The molecule has 0 radical (unpaired) electrons. The van der Waals surface area contributed by atoms with Crippen molar-refractivity contribution in [3.63, 3.8) is 0 Å². The first kappa shape index (κ1) is 18.2. The van der Waals surface area contributed by atoms with Gasteiger partial charge in [0.2, 0.25) is 5.91 Å². The molecule has 0 aromatic heterocycles. The summed E-state index contributed by atoms with van der Waals surface area (Å²) >= 11 is 3.38. The van der Waals surface area contributed by atoms with Gasteiger partial charge in [-0.2, -0.15) is 0 Å². The summed E-state index contributed by atoms with van der Waals surface area (Å²) in [4.78, 5) is 11.8. The van der Waals surface area contributed by atoms with Gasteiger partial charge in [-0.1, -0.05) is 15.9 Å². The molecule has 1 unspecified atom stereocenters. The molecule has 1 aromatic carbocycles. The quantitative estimate of drug-likeness (QED) is 0.826. The van der Waals surface area contributed by atoms with E-state index < -0.39 is 0 Å². The molecular weight excluding hydrogens is 332 g/mol. The van der Waals surface area contributed by atoms with Gasteiger partial charge in [0.15, 0.2) is 0 Å². The standard InChI is InChI=1S/C13H19BrN2O2.ClH/c1-9(15)5-6-16-13(17)8-10-7-11(14)3-4-12(10)18-2;/h3-4,7,9H,5-6,8,15H2,1-2H3,(H,16,17);1H. The highest BCUT2D eigenvalue weighted by molar-refractivity contribution is 9.10. The Kier molecular flexibility index (Phi) is 8.80. The first-order valence-corrected chi connectivity index (χ1v) is 6.67. The molecule has 19 heavy (non-hydrogen) atoms. The maximum Gasteiger partial charge on any atom is 0.224 e. The summed E-state index contributed by atoms with van der Waals surface area (Å²) in [7, 11) is 1.60. The molecule has 0 fully saturated rings. The fourth-order valence-electron chi connectivity index (χ4n) is 1.56. The van der Waals surface area contributed by atoms with E-state index in [1.165, 1.54) is 0 Å². The van der Waals surface area contributed by atoms with Crippen molar-refractivity contribution in [1.29, 1.82) is 0 Å². The lowest BCUT2D eigenvalue weighted by atomic mass is 10.1. The van der Waals surface area contributed by atoms with Crippen molar-refractivity contribution in [1.82, 2.24) is 5.32 Å². The van der Waals surface area contributed by atoms with Crippen LogP contribution in [0.5, 0.6) is 5.75 Å². The van der Waals surface area contributed by atoms with Gasteiger partial charge in [0.25, 0.3) is 0 Å². The van der Waals surface area contributed by atoms with Gasteiger partial charge >= 0.3 is 0 Å². The predicted molar refractivity (Wildman–Crippen MR) is 82.9 cm³/mol. The molecule has 0 bridgehead atoms. The minimum atomic E-state index is -0.0212. The Balaban J connectivity index is 0.00000324. The largest absolute Gasteiger partial charge is 0.496 e. The zero-order valence-electron chi connectivity index (χ0n) is 11.1. The van der Waals surface area contributed by atoms with Gasteiger partial charge in [0.05, 0.1) is 13.5 Å². The molecule has 4 nitrogen and oxygen atoms in total. The molecule has 0 aliphatic heterocycles. The summed E-state index contributed by atoms with van der Waals surface area (Å²) in [6.07, 6.45) is 1.09. The number of benzene rings is 1. The van der Waals surface area contributed by atoms with E-state index in [0.29, 0.717) is 13.0 Å².